The second-order valence-corrected chi connectivity index (χ2v) is 4.73. The number of hydrazine groups is 1. The number of nitrogens with one attached hydrogen (secondary N) is 1. The van der Waals surface area contributed by atoms with Crippen molar-refractivity contribution in [1.29, 1.82) is 0 Å². The molecule has 2 rings (SSSR count). The van der Waals surface area contributed by atoms with Crippen LogP contribution < -0.4 is 11.3 Å². The monoisotopic (exact) mass is 312 g/mol. The molecule has 1 atom stereocenters. The molecule has 0 aliphatic rings. The Kier molecular flexibility index (Phi) is 4.06. The normalized spacial score (nSPS) is 12.4. The van der Waals surface area contributed by atoms with E-state index in [2.05, 4.69) is 21.4 Å². The topological polar surface area (TPSA) is 38.0 Å². The summed E-state index contributed by atoms with van der Waals surface area (Å²) in [6, 6.07) is 10.2. The molecule has 0 amide bonds. The highest BCUT2D eigenvalue weighted by Gasteiger charge is 2.16. The average Bonchev–Trinajstić information content (AvgIpc) is 2.35. The minimum atomic E-state index is -0.624. The third kappa shape index (κ3) is 2.75. The lowest BCUT2D eigenvalue weighted by Crippen LogP contribution is -2.29. The van der Waals surface area contributed by atoms with Crippen LogP contribution in [-0.2, 0) is 0 Å². The van der Waals surface area contributed by atoms with E-state index in [4.69, 9.17) is 5.84 Å². The van der Waals surface area contributed by atoms with Crippen LogP contribution in [0.15, 0.2) is 46.9 Å². The third-order valence-corrected chi connectivity index (χ3v) is 3.17. The van der Waals surface area contributed by atoms with E-state index in [0.29, 0.717) is 5.56 Å². The quantitative estimate of drug-likeness (QED) is 0.674. The molecule has 2 nitrogen and oxygen atoms in total. The van der Waals surface area contributed by atoms with Crippen LogP contribution in [0, 0.1) is 11.6 Å². The number of benzene rings is 2. The van der Waals surface area contributed by atoms with Crippen LogP contribution in [0.3, 0.4) is 0 Å². The van der Waals surface area contributed by atoms with Gasteiger partial charge in [-0.2, -0.15) is 0 Å². The lowest BCUT2D eigenvalue weighted by atomic mass is 9.99. The molecule has 0 spiro atoms. The van der Waals surface area contributed by atoms with Crippen molar-refractivity contribution in [1.82, 2.24) is 5.43 Å². The van der Waals surface area contributed by atoms with E-state index in [-0.39, 0.29) is 0 Å². The number of nitrogens with two attached hydrogens (primary N) is 1. The van der Waals surface area contributed by atoms with Gasteiger partial charge in [0.25, 0.3) is 0 Å². The highest BCUT2D eigenvalue weighted by molar-refractivity contribution is 9.10. The molecule has 0 saturated heterocycles. The van der Waals surface area contributed by atoms with Crippen molar-refractivity contribution < 1.29 is 8.78 Å². The lowest BCUT2D eigenvalue weighted by molar-refractivity contribution is 0.541. The fourth-order valence-corrected chi connectivity index (χ4v) is 2.02. The van der Waals surface area contributed by atoms with Gasteiger partial charge in [0.05, 0.1) is 6.04 Å². The summed E-state index contributed by atoms with van der Waals surface area (Å²) in [5.74, 6) is 4.23. The van der Waals surface area contributed by atoms with E-state index >= 15 is 0 Å². The fraction of sp³-hybridized carbons (Fsp3) is 0.0769. The smallest absolute Gasteiger partial charge is 0.131 e. The van der Waals surface area contributed by atoms with Crippen LogP contribution in [0.5, 0.6) is 0 Å². The Morgan fingerprint density at radius 1 is 1.06 bits per heavy atom. The molecule has 0 bridgehead atoms. The Morgan fingerprint density at radius 3 is 2.28 bits per heavy atom. The molecule has 0 radical (unpaired) electrons. The maximum absolute atomic E-state index is 13.7. The summed E-state index contributed by atoms with van der Waals surface area (Å²) in [4.78, 5) is 0. The Hall–Kier alpha value is -1.30. The molecule has 5 heteroatoms. The summed E-state index contributed by atoms with van der Waals surface area (Å²) in [5, 5.41) is 0. The highest BCUT2D eigenvalue weighted by atomic mass is 79.9. The number of halogens is 3. The van der Waals surface area contributed by atoms with E-state index < -0.39 is 17.7 Å². The molecule has 0 aliphatic heterocycles. The molecule has 0 saturated carbocycles. The lowest BCUT2D eigenvalue weighted by Gasteiger charge is -2.17. The number of hydrogen-bond donors (Lipinski definition) is 2. The van der Waals surface area contributed by atoms with Gasteiger partial charge in [-0.25, -0.2) is 14.2 Å². The Bertz CT molecular complexity index is 543. The standard InChI is InChI=1S/C13H11BrF2N2/c14-9-3-1-8(2-4-9)13(18-17)11-6-5-10(15)7-12(11)16/h1-7,13,18H,17H2. The van der Waals surface area contributed by atoms with Crippen molar-refractivity contribution in [3.05, 3.63) is 69.7 Å². The van der Waals surface area contributed by atoms with E-state index in [1.807, 2.05) is 24.3 Å². The summed E-state index contributed by atoms with van der Waals surface area (Å²) < 4.78 is 27.5. The SMILES string of the molecule is NNC(c1ccc(Br)cc1)c1ccc(F)cc1F. The molecule has 18 heavy (non-hydrogen) atoms. The highest BCUT2D eigenvalue weighted by Crippen LogP contribution is 2.25. The van der Waals surface area contributed by atoms with Crippen molar-refractivity contribution in [2.24, 2.45) is 5.84 Å². The van der Waals surface area contributed by atoms with Crippen LogP contribution >= 0.6 is 15.9 Å². The van der Waals surface area contributed by atoms with Gasteiger partial charge in [-0.1, -0.05) is 34.1 Å². The first-order valence-electron chi connectivity index (χ1n) is 5.28. The van der Waals surface area contributed by atoms with Gasteiger partial charge in [0, 0.05) is 16.1 Å². The second kappa shape index (κ2) is 5.56. The Morgan fingerprint density at radius 2 is 1.72 bits per heavy atom. The van der Waals surface area contributed by atoms with Crippen molar-refractivity contribution in [3.63, 3.8) is 0 Å². The first kappa shape index (κ1) is 13.1. The molecule has 0 fully saturated rings. The van der Waals surface area contributed by atoms with E-state index in [9.17, 15) is 8.78 Å². The maximum atomic E-state index is 13.7. The third-order valence-electron chi connectivity index (χ3n) is 2.64. The first-order valence-corrected chi connectivity index (χ1v) is 6.07. The van der Waals surface area contributed by atoms with Crippen molar-refractivity contribution in [2.45, 2.75) is 6.04 Å². The average molecular weight is 313 g/mol. The van der Waals surface area contributed by atoms with Gasteiger partial charge in [-0.3, -0.25) is 5.84 Å². The van der Waals surface area contributed by atoms with Gasteiger partial charge >= 0.3 is 0 Å². The summed E-state index contributed by atoms with van der Waals surface area (Å²) in [7, 11) is 0. The summed E-state index contributed by atoms with van der Waals surface area (Å²) >= 11 is 3.32. The maximum Gasteiger partial charge on any atom is 0.131 e. The van der Waals surface area contributed by atoms with Crippen LogP contribution in [0.2, 0.25) is 0 Å². The van der Waals surface area contributed by atoms with Gasteiger partial charge in [-0.15, -0.1) is 0 Å². The van der Waals surface area contributed by atoms with E-state index in [1.54, 1.807) is 0 Å². The van der Waals surface area contributed by atoms with Crippen molar-refractivity contribution in [3.8, 4) is 0 Å². The zero-order chi connectivity index (χ0) is 13.1. The van der Waals surface area contributed by atoms with Gasteiger partial charge in [-0.05, 0) is 23.8 Å². The molecular weight excluding hydrogens is 302 g/mol. The Balaban J connectivity index is 2.41. The van der Waals surface area contributed by atoms with E-state index in [0.717, 1.165) is 16.1 Å². The molecule has 0 aliphatic carbocycles. The number of rotatable bonds is 3. The zero-order valence-electron chi connectivity index (χ0n) is 9.33. The van der Waals surface area contributed by atoms with Gasteiger partial charge in [0.15, 0.2) is 0 Å². The van der Waals surface area contributed by atoms with Crippen LogP contribution in [-0.4, -0.2) is 0 Å². The van der Waals surface area contributed by atoms with Crippen molar-refractivity contribution in [2.75, 3.05) is 0 Å². The summed E-state index contributed by atoms with van der Waals surface area (Å²) in [5.41, 5.74) is 3.64. The second-order valence-electron chi connectivity index (χ2n) is 3.82. The van der Waals surface area contributed by atoms with Gasteiger partial charge in [0.2, 0.25) is 0 Å². The summed E-state index contributed by atoms with van der Waals surface area (Å²) in [6.07, 6.45) is 0. The molecule has 0 heterocycles. The predicted molar refractivity (Wildman–Crippen MR) is 69.7 cm³/mol. The molecule has 94 valence electrons. The zero-order valence-corrected chi connectivity index (χ0v) is 10.9. The van der Waals surface area contributed by atoms with Gasteiger partial charge < -0.3 is 0 Å². The predicted octanol–water partition coefficient (Wildman–Crippen LogP) is 3.28. The van der Waals surface area contributed by atoms with Crippen molar-refractivity contribution >= 4 is 15.9 Å². The minimum Gasteiger partial charge on any atom is -0.271 e. The summed E-state index contributed by atoms with van der Waals surface area (Å²) in [6.45, 7) is 0. The molecular formula is C13H11BrF2N2. The molecule has 2 aromatic rings. The molecule has 2 aromatic carbocycles. The van der Waals surface area contributed by atoms with Gasteiger partial charge in [0.1, 0.15) is 11.6 Å². The molecule has 1 unspecified atom stereocenters. The molecule has 3 N–H and O–H groups in total. The Labute approximate surface area is 112 Å². The largest absolute Gasteiger partial charge is 0.271 e. The van der Waals surface area contributed by atoms with E-state index in [1.165, 1.54) is 12.1 Å². The van der Waals surface area contributed by atoms with Crippen LogP contribution in [0.4, 0.5) is 8.78 Å². The first-order chi connectivity index (χ1) is 8.61. The fourth-order valence-electron chi connectivity index (χ4n) is 1.76. The number of hydrogen-bond acceptors (Lipinski definition) is 2. The van der Waals surface area contributed by atoms with Crippen LogP contribution in [0.25, 0.3) is 0 Å². The molecule has 0 aromatic heterocycles. The minimum absolute atomic E-state index is 0.307. The van der Waals surface area contributed by atoms with Crippen LogP contribution in [0.1, 0.15) is 17.2 Å².